The third-order valence-electron chi connectivity index (χ3n) is 3.34. The average Bonchev–Trinajstić information content (AvgIpc) is 2.77. The third kappa shape index (κ3) is 2.30. The number of sulfonamides is 1. The van der Waals surface area contributed by atoms with Gasteiger partial charge in [0.05, 0.1) is 0 Å². The molecular weight excluding hydrogens is 268 g/mol. The summed E-state index contributed by atoms with van der Waals surface area (Å²) in [5, 5.41) is 8.78. The Hall–Kier alpha value is -0.900. The highest BCUT2D eigenvalue weighted by Gasteiger charge is 2.36. The molecule has 18 heavy (non-hydrogen) atoms. The van der Waals surface area contributed by atoms with E-state index < -0.39 is 10.0 Å². The Morgan fingerprint density at radius 2 is 1.94 bits per heavy atom. The molecule has 1 fully saturated rings. The quantitative estimate of drug-likeness (QED) is 0.838. The number of thiophene rings is 1. The van der Waals surface area contributed by atoms with E-state index in [1.54, 1.807) is 10.4 Å². The molecule has 98 valence electrons. The SMILES string of the molecule is C[C@@H]1CCC[C@H](C)N1S(=O)(=O)c1ccc(C#N)s1. The zero-order valence-electron chi connectivity index (χ0n) is 10.5. The first kappa shape index (κ1) is 13.5. The second-order valence-corrected chi connectivity index (χ2v) is 7.85. The largest absolute Gasteiger partial charge is 0.253 e. The number of hydrogen-bond donors (Lipinski definition) is 0. The summed E-state index contributed by atoms with van der Waals surface area (Å²) in [5.74, 6) is 0. The Balaban J connectivity index is 2.38. The number of piperidine rings is 1. The van der Waals surface area contributed by atoms with Crippen LogP contribution in [0, 0.1) is 11.3 Å². The first-order valence-electron chi connectivity index (χ1n) is 6.00. The fourth-order valence-electron chi connectivity index (χ4n) is 2.49. The van der Waals surface area contributed by atoms with Crippen molar-refractivity contribution in [1.82, 2.24) is 4.31 Å². The lowest BCUT2D eigenvalue weighted by Crippen LogP contribution is -2.47. The fourth-order valence-corrected chi connectivity index (χ4v) is 5.58. The van der Waals surface area contributed by atoms with Crippen molar-refractivity contribution in [1.29, 1.82) is 5.26 Å². The van der Waals surface area contributed by atoms with Gasteiger partial charge in [-0.2, -0.15) is 9.57 Å². The van der Waals surface area contributed by atoms with Crippen LogP contribution in [0.25, 0.3) is 0 Å². The van der Waals surface area contributed by atoms with E-state index in [1.165, 1.54) is 6.07 Å². The van der Waals surface area contributed by atoms with E-state index >= 15 is 0 Å². The van der Waals surface area contributed by atoms with Crippen LogP contribution >= 0.6 is 11.3 Å². The molecule has 1 aliphatic rings. The summed E-state index contributed by atoms with van der Waals surface area (Å²) in [6.45, 7) is 3.90. The lowest BCUT2D eigenvalue weighted by molar-refractivity contribution is 0.204. The number of nitriles is 1. The minimum Gasteiger partial charge on any atom is -0.206 e. The highest BCUT2D eigenvalue weighted by Crippen LogP contribution is 2.32. The molecule has 0 aliphatic carbocycles. The van der Waals surface area contributed by atoms with Crippen LogP contribution in [-0.4, -0.2) is 24.8 Å². The van der Waals surface area contributed by atoms with Crippen LogP contribution in [0.3, 0.4) is 0 Å². The molecule has 1 saturated heterocycles. The van der Waals surface area contributed by atoms with Crippen LogP contribution in [0.4, 0.5) is 0 Å². The van der Waals surface area contributed by atoms with E-state index in [0.717, 1.165) is 30.6 Å². The average molecular weight is 284 g/mol. The Bertz CT molecular complexity index is 561. The van der Waals surface area contributed by atoms with Crippen molar-refractivity contribution >= 4 is 21.4 Å². The molecule has 1 aromatic rings. The minimum absolute atomic E-state index is 0.0337. The Morgan fingerprint density at radius 3 is 2.44 bits per heavy atom. The van der Waals surface area contributed by atoms with Gasteiger partial charge >= 0.3 is 0 Å². The van der Waals surface area contributed by atoms with Crippen LogP contribution in [0.2, 0.25) is 0 Å². The predicted octanol–water partition coefficient (Wildman–Crippen LogP) is 2.57. The molecule has 0 spiro atoms. The van der Waals surface area contributed by atoms with Gasteiger partial charge in [-0.1, -0.05) is 6.42 Å². The summed E-state index contributed by atoms with van der Waals surface area (Å²) < 4.78 is 27.0. The first-order chi connectivity index (χ1) is 8.46. The van der Waals surface area contributed by atoms with Crippen molar-refractivity contribution in [3.8, 4) is 6.07 Å². The molecule has 0 unspecified atom stereocenters. The Morgan fingerprint density at radius 1 is 1.33 bits per heavy atom. The van der Waals surface area contributed by atoms with E-state index in [1.807, 2.05) is 19.9 Å². The number of nitrogens with zero attached hydrogens (tertiary/aromatic N) is 2. The zero-order chi connectivity index (χ0) is 13.3. The van der Waals surface area contributed by atoms with Crippen molar-refractivity contribution in [2.75, 3.05) is 0 Å². The molecule has 0 amide bonds. The smallest absolute Gasteiger partial charge is 0.206 e. The molecule has 4 nitrogen and oxygen atoms in total. The van der Waals surface area contributed by atoms with Gasteiger partial charge in [-0.25, -0.2) is 8.42 Å². The summed E-state index contributed by atoms with van der Waals surface area (Å²) in [5.41, 5.74) is 0. The summed E-state index contributed by atoms with van der Waals surface area (Å²) in [6, 6.07) is 5.15. The summed E-state index contributed by atoms with van der Waals surface area (Å²) in [4.78, 5) is 0.436. The van der Waals surface area contributed by atoms with Crippen molar-refractivity contribution in [3.63, 3.8) is 0 Å². The highest BCUT2D eigenvalue weighted by atomic mass is 32.2. The molecule has 2 atom stereocenters. The van der Waals surface area contributed by atoms with Gasteiger partial charge in [0, 0.05) is 12.1 Å². The number of hydrogen-bond acceptors (Lipinski definition) is 4. The summed E-state index contributed by atoms with van der Waals surface area (Å²) in [6.07, 6.45) is 2.88. The van der Waals surface area contributed by atoms with Crippen LogP contribution in [0.5, 0.6) is 0 Å². The maximum absolute atomic E-state index is 12.6. The second-order valence-electron chi connectivity index (χ2n) is 4.69. The van der Waals surface area contributed by atoms with E-state index in [9.17, 15) is 8.42 Å². The van der Waals surface area contributed by atoms with Gasteiger partial charge in [0.2, 0.25) is 0 Å². The van der Waals surface area contributed by atoms with E-state index in [2.05, 4.69) is 0 Å². The normalized spacial score (nSPS) is 25.8. The van der Waals surface area contributed by atoms with Gasteiger partial charge in [0.1, 0.15) is 15.2 Å². The van der Waals surface area contributed by atoms with Gasteiger partial charge in [-0.05, 0) is 38.8 Å². The molecule has 0 N–H and O–H groups in total. The molecule has 2 heterocycles. The third-order valence-corrected chi connectivity index (χ3v) is 6.92. The maximum Gasteiger partial charge on any atom is 0.253 e. The molecule has 0 saturated carbocycles. The second kappa shape index (κ2) is 5.00. The van der Waals surface area contributed by atoms with Crippen LogP contribution in [0.1, 0.15) is 38.0 Å². The number of rotatable bonds is 2. The zero-order valence-corrected chi connectivity index (χ0v) is 12.1. The molecule has 6 heteroatoms. The van der Waals surface area contributed by atoms with Gasteiger partial charge in [0.25, 0.3) is 10.0 Å². The maximum atomic E-state index is 12.6. The van der Waals surface area contributed by atoms with Gasteiger partial charge in [-0.3, -0.25) is 0 Å². The Kier molecular flexibility index (Phi) is 3.76. The summed E-state index contributed by atoms with van der Waals surface area (Å²) >= 11 is 1.05. The van der Waals surface area contributed by atoms with Crippen molar-refractivity contribution in [2.45, 2.75) is 49.4 Å². The van der Waals surface area contributed by atoms with Crippen LogP contribution in [0.15, 0.2) is 16.3 Å². The molecule has 0 bridgehead atoms. The van der Waals surface area contributed by atoms with E-state index in [4.69, 9.17) is 5.26 Å². The van der Waals surface area contributed by atoms with E-state index in [-0.39, 0.29) is 16.3 Å². The van der Waals surface area contributed by atoms with Gasteiger partial charge < -0.3 is 0 Å². The van der Waals surface area contributed by atoms with Gasteiger partial charge in [-0.15, -0.1) is 11.3 Å². The van der Waals surface area contributed by atoms with Crippen molar-refractivity contribution in [2.24, 2.45) is 0 Å². The van der Waals surface area contributed by atoms with E-state index in [0.29, 0.717) is 4.88 Å². The summed E-state index contributed by atoms with van der Waals surface area (Å²) in [7, 11) is -3.45. The molecule has 0 radical (unpaired) electrons. The van der Waals surface area contributed by atoms with Crippen LogP contribution in [-0.2, 0) is 10.0 Å². The molecule has 1 aromatic heterocycles. The highest BCUT2D eigenvalue weighted by molar-refractivity contribution is 7.91. The first-order valence-corrected chi connectivity index (χ1v) is 8.26. The topological polar surface area (TPSA) is 61.2 Å². The standard InChI is InChI=1S/C12H16N2O2S2/c1-9-4-3-5-10(2)14(9)18(15,16)12-7-6-11(8-13)17-12/h6-7,9-10H,3-5H2,1-2H3/t9-,10+. The minimum atomic E-state index is -3.45. The molecule has 2 rings (SSSR count). The monoisotopic (exact) mass is 284 g/mol. The van der Waals surface area contributed by atoms with Crippen molar-refractivity contribution in [3.05, 3.63) is 17.0 Å². The fraction of sp³-hybridized carbons (Fsp3) is 0.583. The molecular formula is C12H16N2O2S2. The Labute approximate surface area is 112 Å². The molecule has 1 aliphatic heterocycles. The lowest BCUT2D eigenvalue weighted by Gasteiger charge is -2.37. The van der Waals surface area contributed by atoms with Crippen molar-refractivity contribution < 1.29 is 8.42 Å². The van der Waals surface area contributed by atoms with Gasteiger partial charge in [0.15, 0.2) is 0 Å². The van der Waals surface area contributed by atoms with Crippen LogP contribution < -0.4 is 0 Å². The predicted molar refractivity (Wildman–Crippen MR) is 70.8 cm³/mol. The molecule has 0 aromatic carbocycles. The lowest BCUT2D eigenvalue weighted by atomic mass is 10.0.